The topological polar surface area (TPSA) is 75.7 Å². The summed E-state index contributed by atoms with van der Waals surface area (Å²) in [7, 11) is -3.63. The molecule has 0 fully saturated rings. The number of nitrogens with one attached hydrogen (secondary N) is 1. The van der Waals surface area contributed by atoms with Crippen LogP contribution in [0.1, 0.15) is 16.7 Å². The maximum Gasteiger partial charge on any atom is 0.245 e. The molecule has 1 N–H and O–H groups in total. The minimum Gasteiger partial charge on any atom is -0.489 e. The van der Waals surface area contributed by atoms with Gasteiger partial charge in [0.1, 0.15) is 18.9 Å². The van der Waals surface area contributed by atoms with Crippen LogP contribution in [0, 0.1) is 13.8 Å². The lowest BCUT2D eigenvalue weighted by Gasteiger charge is -2.24. The molecule has 0 unspecified atom stereocenters. The van der Waals surface area contributed by atoms with Crippen molar-refractivity contribution in [1.29, 1.82) is 0 Å². The Balaban J connectivity index is 1.64. The predicted molar refractivity (Wildman–Crippen MR) is 124 cm³/mol. The SMILES string of the molecule is Cc1ccc(N(CC(=O)Nc2ccc(OCc3ccccc3)cc2)S(C)(=O)=O)c(C)c1. The Bertz CT molecular complexity index is 1140. The average molecular weight is 439 g/mol. The van der Waals surface area contributed by atoms with Crippen LogP contribution in [-0.4, -0.2) is 27.1 Å². The summed E-state index contributed by atoms with van der Waals surface area (Å²) in [6.45, 7) is 3.90. The molecule has 3 aromatic rings. The van der Waals surface area contributed by atoms with Crippen LogP contribution in [0.5, 0.6) is 5.75 Å². The number of carbonyl (C=O) groups is 1. The van der Waals surface area contributed by atoms with Crippen LogP contribution in [0.3, 0.4) is 0 Å². The zero-order valence-electron chi connectivity index (χ0n) is 17.8. The third-order valence-corrected chi connectivity index (χ3v) is 5.82. The zero-order chi connectivity index (χ0) is 22.4. The molecule has 0 bridgehead atoms. The summed E-state index contributed by atoms with van der Waals surface area (Å²) in [4.78, 5) is 12.6. The normalized spacial score (nSPS) is 11.1. The predicted octanol–water partition coefficient (Wildman–Crippen LogP) is 4.29. The first-order valence-electron chi connectivity index (χ1n) is 9.84. The van der Waals surface area contributed by atoms with Crippen LogP contribution < -0.4 is 14.4 Å². The second-order valence-electron chi connectivity index (χ2n) is 7.41. The first-order valence-corrected chi connectivity index (χ1v) is 11.7. The van der Waals surface area contributed by atoms with Gasteiger partial charge in [0.15, 0.2) is 0 Å². The number of nitrogens with zero attached hydrogens (tertiary/aromatic N) is 1. The molecule has 0 aromatic heterocycles. The van der Waals surface area contributed by atoms with E-state index >= 15 is 0 Å². The van der Waals surface area contributed by atoms with E-state index in [4.69, 9.17) is 4.74 Å². The van der Waals surface area contributed by atoms with E-state index in [0.717, 1.165) is 27.3 Å². The molecule has 0 saturated heterocycles. The molecule has 3 rings (SSSR count). The molecule has 0 saturated carbocycles. The van der Waals surface area contributed by atoms with Gasteiger partial charge in [0, 0.05) is 5.69 Å². The Morgan fingerprint density at radius 2 is 1.65 bits per heavy atom. The highest BCUT2D eigenvalue weighted by molar-refractivity contribution is 7.92. The third kappa shape index (κ3) is 6.33. The van der Waals surface area contributed by atoms with Crippen molar-refractivity contribution in [3.63, 3.8) is 0 Å². The van der Waals surface area contributed by atoms with Crippen molar-refractivity contribution in [1.82, 2.24) is 0 Å². The fourth-order valence-corrected chi connectivity index (χ4v) is 4.09. The highest BCUT2D eigenvalue weighted by Gasteiger charge is 2.22. The largest absolute Gasteiger partial charge is 0.489 e. The van der Waals surface area contributed by atoms with Gasteiger partial charge < -0.3 is 10.1 Å². The number of hydrogen-bond acceptors (Lipinski definition) is 4. The van der Waals surface area contributed by atoms with E-state index in [0.29, 0.717) is 23.7 Å². The smallest absolute Gasteiger partial charge is 0.245 e. The number of amides is 1. The summed E-state index contributed by atoms with van der Waals surface area (Å²) in [6.07, 6.45) is 1.10. The van der Waals surface area contributed by atoms with E-state index in [-0.39, 0.29) is 6.54 Å². The lowest BCUT2D eigenvalue weighted by molar-refractivity contribution is -0.114. The monoisotopic (exact) mass is 438 g/mol. The molecule has 0 aliphatic carbocycles. The van der Waals surface area contributed by atoms with Gasteiger partial charge in [0.25, 0.3) is 0 Å². The van der Waals surface area contributed by atoms with Gasteiger partial charge in [-0.2, -0.15) is 0 Å². The Kier molecular flexibility index (Phi) is 6.97. The third-order valence-electron chi connectivity index (χ3n) is 4.69. The minimum atomic E-state index is -3.63. The second kappa shape index (κ2) is 9.66. The molecule has 162 valence electrons. The lowest BCUT2D eigenvalue weighted by Crippen LogP contribution is -2.37. The van der Waals surface area contributed by atoms with E-state index in [1.165, 1.54) is 0 Å². The van der Waals surface area contributed by atoms with Gasteiger partial charge in [0.2, 0.25) is 15.9 Å². The van der Waals surface area contributed by atoms with E-state index in [1.807, 2.05) is 56.3 Å². The summed E-state index contributed by atoms with van der Waals surface area (Å²) in [5.74, 6) is 0.248. The van der Waals surface area contributed by atoms with Gasteiger partial charge in [-0.25, -0.2) is 8.42 Å². The van der Waals surface area contributed by atoms with Crippen LogP contribution in [0.25, 0.3) is 0 Å². The van der Waals surface area contributed by atoms with E-state index in [2.05, 4.69) is 5.32 Å². The number of rotatable bonds is 8. The number of hydrogen-bond donors (Lipinski definition) is 1. The molecule has 31 heavy (non-hydrogen) atoms. The highest BCUT2D eigenvalue weighted by Crippen LogP contribution is 2.24. The zero-order valence-corrected chi connectivity index (χ0v) is 18.6. The van der Waals surface area contributed by atoms with Crippen molar-refractivity contribution in [3.05, 3.63) is 89.5 Å². The van der Waals surface area contributed by atoms with Crippen molar-refractivity contribution in [2.75, 3.05) is 22.4 Å². The van der Waals surface area contributed by atoms with Gasteiger partial charge >= 0.3 is 0 Å². The fraction of sp³-hybridized carbons (Fsp3) is 0.208. The van der Waals surface area contributed by atoms with Crippen LogP contribution in [0.15, 0.2) is 72.8 Å². The van der Waals surface area contributed by atoms with Gasteiger partial charge in [-0.3, -0.25) is 9.10 Å². The van der Waals surface area contributed by atoms with Crippen molar-refractivity contribution in [2.45, 2.75) is 20.5 Å². The van der Waals surface area contributed by atoms with Crippen LogP contribution >= 0.6 is 0 Å². The summed E-state index contributed by atoms with van der Waals surface area (Å²) in [5.41, 5.74) is 3.93. The van der Waals surface area contributed by atoms with Crippen LogP contribution in [-0.2, 0) is 21.4 Å². The molecular formula is C24H26N2O4S. The molecule has 1 amide bonds. The highest BCUT2D eigenvalue weighted by atomic mass is 32.2. The minimum absolute atomic E-state index is 0.311. The van der Waals surface area contributed by atoms with E-state index < -0.39 is 15.9 Å². The maximum atomic E-state index is 12.6. The van der Waals surface area contributed by atoms with Crippen LogP contribution in [0.2, 0.25) is 0 Å². The Labute approximate surface area is 183 Å². The van der Waals surface area contributed by atoms with Crippen molar-refractivity contribution >= 4 is 27.3 Å². The lowest BCUT2D eigenvalue weighted by atomic mass is 10.1. The number of ether oxygens (including phenoxy) is 1. The Morgan fingerprint density at radius 1 is 0.968 bits per heavy atom. The molecule has 0 atom stereocenters. The first-order chi connectivity index (χ1) is 14.7. The molecule has 0 aliphatic heterocycles. The average Bonchev–Trinajstić information content (AvgIpc) is 2.72. The number of anilines is 2. The Hall–Kier alpha value is -3.32. The molecule has 0 aliphatic rings. The number of aryl methyl sites for hydroxylation is 2. The van der Waals surface area contributed by atoms with E-state index in [1.54, 1.807) is 30.3 Å². The molecule has 0 radical (unpaired) electrons. The number of sulfonamides is 1. The molecule has 6 nitrogen and oxygen atoms in total. The van der Waals surface area contributed by atoms with Gasteiger partial charge in [-0.05, 0) is 55.3 Å². The molecule has 7 heteroatoms. The number of carbonyl (C=O) groups excluding carboxylic acids is 1. The number of benzene rings is 3. The van der Waals surface area contributed by atoms with Crippen molar-refractivity contribution in [2.24, 2.45) is 0 Å². The first kappa shape index (κ1) is 22.4. The van der Waals surface area contributed by atoms with Crippen molar-refractivity contribution < 1.29 is 17.9 Å². The second-order valence-corrected chi connectivity index (χ2v) is 9.31. The Morgan fingerprint density at radius 3 is 2.26 bits per heavy atom. The molecule has 0 spiro atoms. The summed E-state index contributed by atoms with van der Waals surface area (Å²) >= 11 is 0. The molecular weight excluding hydrogens is 412 g/mol. The summed E-state index contributed by atoms with van der Waals surface area (Å²) < 4.78 is 31.5. The summed E-state index contributed by atoms with van der Waals surface area (Å²) in [6, 6.07) is 22.2. The van der Waals surface area contributed by atoms with Crippen molar-refractivity contribution in [3.8, 4) is 5.75 Å². The standard InChI is InChI=1S/C24H26N2O4S/c1-18-9-14-23(19(2)15-18)26(31(3,28)29)16-24(27)25-21-10-12-22(13-11-21)30-17-20-7-5-4-6-8-20/h4-15H,16-17H2,1-3H3,(H,25,27). The van der Waals surface area contributed by atoms with Gasteiger partial charge in [-0.1, -0.05) is 48.0 Å². The van der Waals surface area contributed by atoms with Gasteiger partial charge in [0.05, 0.1) is 11.9 Å². The van der Waals surface area contributed by atoms with Gasteiger partial charge in [-0.15, -0.1) is 0 Å². The van der Waals surface area contributed by atoms with E-state index in [9.17, 15) is 13.2 Å². The summed E-state index contributed by atoms with van der Waals surface area (Å²) in [5, 5.41) is 2.75. The molecule has 3 aromatic carbocycles. The van der Waals surface area contributed by atoms with Crippen LogP contribution in [0.4, 0.5) is 11.4 Å². The quantitative estimate of drug-likeness (QED) is 0.569. The fourth-order valence-electron chi connectivity index (χ4n) is 3.17. The molecule has 0 heterocycles. The maximum absolute atomic E-state index is 12.6.